The molecule has 19 heavy (non-hydrogen) atoms. The Morgan fingerprint density at radius 3 is 2.89 bits per heavy atom. The summed E-state index contributed by atoms with van der Waals surface area (Å²) in [7, 11) is 0. The van der Waals surface area contributed by atoms with Crippen LogP contribution in [0.4, 0.5) is 0 Å². The second kappa shape index (κ2) is 7.10. The number of ether oxygens (including phenoxy) is 1. The summed E-state index contributed by atoms with van der Waals surface area (Å²) in [5.74, 6) is 1.10. The molecule has 3 heteroatoms. The summed E-state index contributed by atoms with van der Waals surface area (Å²) in [5.41, 5.74) is 1.27. The van der Waals surface area contributed by atoms with E-state index in [-0.39, 0.29) is 5.78 Å². The monoisotopic (exact) mass is 274 g/mol. The molecule has 2 rings (SSSR count). The Balaban J connectivity index is 1.73. The van der Waals surface area contributed by atoms with E-state index in [0.717, 1.165) is 23.5 Å². The average Bonchev–Trinajstić information content (AvgIpc) is 2.98. The Labute approximate surface area is 118 Å². The highest BCUT2D eigenvalue weighted by Crippen LogP contribution is 2.15. The number of hydrogen-bond donors (Lipinski definition) is 0. The highest BCUT2D eigenvalue weighted by molar-refractivity contribution is 7.12. The first kappa shape index (κ1) is 13.8. The standard InChI is InChI=1S/C16H18O2S/c1-2-13-6-3-7-14(12-13)18-10-4-8-15(17)16-9-5-11-19-16/h3,5-7,9,11-12H,2,4,8,10H2,1H3. The second-order valence-electron chi connectivity index (χ2n) is 4.35. The van der Waals surface area contributed by atoms with Crippen molar-refractivity contribution in [2.24, 2.45) is 0 Å². The summed E-state index contributed by atoms with van der Waals surface area (Å²) in [6, 6.07) is 11.9. The zero-order chi connectivity index (χ0) is 13.5. The average molecular weight is 274 g/mol. The quantitative estimate of drug-likeness (QED) is 0.554. The minimum absolute atomic E-state index is 0.209. The van der Waals surface area contributed by atoms with Gasteiger partial charge in [0, 0.05) is 6.42 Å². The van der Waals surface area contributed by atoms with E-state index >= 15 is 0 Å². The van der Waals surface area contributed by atoms with Crippen LogP contribution in [0.1, 0.15) is 35.0 Å². The molecule has 0 spiro atoms. The van der Waals surface area contributed by atoms with Gasteiger partial charge >= 0.3 is 0 Å². The van der Waals surface area contributed by atoms with Crippen LogP contribution in [0.2, 0.25) is 0 Å². The molecule has 0 aliphatic rings. The molecule has 0 amide bonds. The number of Topliss-reactive ketones (excluding diaryl/α,β-unsaturated/α-hetero) is 1. The van der Waals surface area contributed by atoms with E-state index in [2.05, 4.69) is 19.1 Å². The number of benzene rings is 1. The summed E-state index contributed by atoms with van der Waals surface area (Å²) in [5, 5.41) is 1.93. The van der Waals surface area contributed by atoms with Crippen LogP contribution in [-0.4, -0.2) is 12.4 Å². The van der Waals surface area contributed by atoms with Crippen LogP contribution in [0.25, 0.3) is 0 Å². The molecular formula is C16H18O2S. The van der Waals surface area contributed by atoms with Gasteiger partial charge in [0.25, 0.3) is 0 Å². The van der Waals surface area contributed by atoms with Crippen molar-refractivity contribution < 1.29 is 9.53 Å². The lowest BCUT2D eigenvalue weighted by Gasteiger charge is -2.06. The molecule has 0 N–H and O–H groups in total. The summed E-state index contributed by atoms with van der Waals surface area (Å²) < 4.78 is 5.67. The largest absolute Gasteiger partial charge is 0.494 e. The van der Waals surface area contributed by atoms with Crippen molar-refractivity contribution in [1.82, 2.24) is 0 Å². The molecule has 0 saturated carbocycles. The van der Waals surface area contributed by atoms with Crippen molar-refractivity contribution in [2.75, 3.05) is 6.61 Å². The van der Waals surface area contributed by atoms with Gasteiger partial charge < -0.3 is 4.74 Å². The maximum Gasteiger partial charge on any atom is 0.172 e. The number of hydrogen-bond acceptors (Lipinski definition) is 3. The van der Waals surface area contributed by atoms with Crippen LogP contribution in [0.5, 0.6) is 5.75 Å². The molecule has 0 saturated heterocycles. The van der Waals surface area contributed by atoms with Gasteiger partial charge in [-0.3, -0.25) is 4.79 Å². The Bertz CT molecular complexity index is 517. The molecule has 100 valence electrons. The van der Waals surface area contributed by atoms with Gasteiger partial charge in [-0.05, 0) is 42.0 Å². The van der Waals surface area contributed by atoms with E-state index in [1.807, 2.05) is 29.6 Å². The van der Waals surface area contributed by atoms with Crippen LogP contribution in [0, 0.1) is 0 Å². The van der Waals surface area contributed by atoms with Gasteiger partial charge in [0.05, 0.1) is 11.5 Å². The molecule has 1 aromatic carbocycles. The molecule has 0 radical (unpaired) electrons. The second-order valence-corrected chi connectivity index (χ2v) is 5.30. The number of carbonyl (C=O) groups excluding carboxylic acids is 1. The van der Waals surface area contributed by atoms with Crippen molar-refractivity contribution in [1.29, 1.82) is 0 Å². The lowest BCUT2D eigenvalue weighted by Crippen LogP contribution is -2.02. The van der Waals surface area contributed by atoms with Crippen molar-refractivity contribution in [2.45, 2.75) is 26.2 Å². The van der Waals surface area contributed by atoms with Gasteiger partial charge in [0.2, 0.25) is 0 Å². The number of aryl methyl sites for hydroxylation is 1. The Morgan fingerprint density at radius 2 is 2.16 bits per heavy atom. The lowest BCUT2D eigenvalue weighted by molar-refractivity contribution is 0.0977. The summed E-state index contributed by atoms with van der Waals surface area (Å²) in [6.45, 7) is 2.71. The zero-order valence-electron chi connectivity index (χ0n) is 11.1. The van der Waals surface area contributed by atoms with Gasteiger partial charge in [-0.15, -0.1) is 11.3 Å². The van der Waals surface area contributed by atoms with Crippen LogP contribution in [0.3, 0.4) is 0 Å². The van der Waals surface area contributed by atoms with Gasteiger partial charge in [-0.25, -0.2) is 0 Å². The molecule has 0 aliphatic carbocycles. The fraction of sp³-hybridized carbons (Fsp3) is 0.312. The fourth-order valence-electron chi connectivity index (χ4n) is 1.84. The third-order valence-corrected chi connectivity index (χ3v) is 3.83. The lowest BCUT2D eigenvalue weighted by atomic mass is 10.1. The predicted octanol–water partition coefficient (Wildman–Crippen LogP) is 4.35. The number of rotatable bonds is 7. The minimum atomic E-state index is 0.209. The van der Waals surface area contributed by atoms with Crippen LogP contribution >= 0.6 is 11.3 Å². The first-order chi connectivity index (χ1) is 9.29. The third kappa shape index (κ3) is 4.21. The first-order valence-corrected chi connectivity index (χ1v) is 7.46. The summed E-state index contributed by atoms with van der Waals surface area (Å²) >= 11 is 1.50. The molecule has 1 aromatic heterocycles. The maximum atomic E-state index is 11.8. The SMILES string of the molecule is CCc1cccc(OCCCC(=O)c2cccs2)c1. The number of carbonyl (C=O) groups is 1. The van der Waals surface area contributed by atoms with E-state index in [0.29, 0.717) is 13.0 Å². The van der Waals surface area contributed by atoms with Gasteiger partial charge in [-0.1, -0.05) is 25.1 Å². The van der Waals surface area contributed by atoms with Crippen LogP contribution in [-0.2, 0) is 6.42 Å². The number of thiophene rings is 1. The van der Waals surface area contributed by atoms with Crippen molar-refractivity contribution in [3.8, 4) is 5.75 Å². The van der Waals surface area contributed by atoms with Crippen molar-refractivity contribution in [3.63, 3.8) is 0 Å². The van der Waals surface area contributed by atoms with Crippen LogP contribution < -0.4 is 4.74 Å². The molecule has 0 aliphatic heterocycles. The first-order valence-electron chi connectivity index (χ1n) is 6.58. The zero-order valence-corrected chi connectivity index (χ0v) is 11.9. The highest BCUT2D eigenvalue weighted by Gasteiger charge is 2.06. The Morgan fingerprint density at radius 1 is 1.26 bits per heavy atom. The topological polar surface area (TPSA) is 26.3 Å². The highest BCUT2D eigenvalue weighted by atomic mass is 32.1. The smallest absolute Gasteiger partial charge is 0.172 e. The van der Waals surface area contributed by atoms with E-state index in [1.165, 1.54) is 16.9 Å². The Kier molecular flexibility index (Phi) is 5.16. The van der Waals surface area contributed by atoms with Gasteiger partial charge in [-0.2, -0.15) is 0 Å². The summed E-state index contributed by atoms with van der Waals surface area (Å²) in [4.78, 5) is 12.6. The fourth-order valence-corrected chi connectivity index (χ4v) is 2.53. The van der Waals surface area contributed by atoms with E-state index in [4.69, 9.17) is 4.74 Å². The van der Waals surface area contributed by atoms with Crippen molar-refractivity contribution in [3.05, 3.63) is 52.2 Å². The maximum absolute atomic E-state index is 11.8. The molecule has 2 nitrogen and oxygen atoms in total. The van der Waals surface area contributed by atoms with Crippen LogP contribution in [0.15, 0.2) is 41.8 Å². The molecule has 2 aromatic rings. The van der Waals surface area contributed by atoms with E-state index < -0.39 is 0 Å². The molecule has 0 fully saturated rings. The number of ketones is 1. The molecule has 0 bridgehead atoms. The van der Waals surface area contributed by atoms with Gasteiger partial charge in [0.15, 0.2) is 5.78 Å². The van der Waals surface area contributed by atoms with E-state index in [1.54, 1.807) is 0 Å². The van der Waals surface area contributed by atoms with E-state index in [9.17, 15) is 4.79 Å². The third-order valence-electron chi connectivity index (χ3n) is 2.92. The molecule has 0 atom stereocenters. The Hall–Kier alpha value is -1.61. The van der Waals surface area contributed by atoms with Gasteiger partial charge in [0.1, 0.15) is 5.75 Å². The van der Waals surface area contributed by atoms with Crippen molar-refractivity contribution >= 4 is 17.1 Å². The predicted molar refractivity (Wildman–Crippen MR) is 79.2 cm³/mol. The molecular weight excluding hydrogens is 256 g/mol. The minimum Gasteiger partial charge on any atom is -0.494 e. The normalized spacial score (nSPS) is 10.4. The summed E-state index contributed by atoms with van der Waals surface area (Å²) in [6.07, 6.45) is 2.31. The molecule has 0 unspecified atom stereocenters. The molecule has 1 heterocycles.